The topological polar surface area (TPSA) is 0 Å². The SMILES string of the molecule is [Na+].[S-2].[S-2].[Y+3]. The summed E-state index contributed by atoms with van der Waals surface area (Å²) in [6.07, 6.45) is 0. The van der Waals surface area contributed by atoms with Gasteiger partial charge in [0.1, 0.15) is 0 Å². The van der Waals surface area contributed by atoms with E-state index >= 15 is 0 Å². The zero-order chi connectivity index (χ0) is 0. The van der Waals surface area contributed by atoms with Gasteiger partial charge >= 0.3 is 62.3 Å². The molecule has 0 nitrogen and oxygen atoms in total. The quantitative estimate of drug-likeness (QED) is 0.345. The molecule has 4 heavy (non-hydrogen) atoms. The second kappa shape index (κ2) is 17.0. The summed E-state index contributed by atoms with van der Waals surface area (Å²) in [5.74, 6) is 0. The molecule has 0 aliphatic heterocycles. The van der Waals surface area contributed by atoms with Crippen molar-refractivity contribution in [2.24, 2.45) is 0 Å². The molecule has 0 rings (SSSR count). The van der Waals surface area contributed by atoms with Crippen molar-refractivity contribution in [3.63, 3.8) is 0 Å². The van der Waals surface area contributed by atoms with Crippen molar-refractivity contribution in [1.29, 1.82) is 0 Å². The minimum atomic E-state index is 0. The average Bonchev–Trinajstić information content (AvgIpc) is 0. The minimum Gasteiger partial charge on any atom is -2.00 e. The fourth-order valence-corrected chi connectivity index (χ4v) is 0. The van der Waals surface area contributed by atoms with Crippen LogP contribution in [0.4, 0.5) is 0 Å². The summed E-state index contributed by atoms with van der Waals surface area (Å²) in [5.41, 5.74) is 0. The van der Waals surface area contributed by atoms with Crippen LogP contribution in [0.25, 0.3) is 0 Å². The molecule has 0 unspecified atom stereocenters. The summed E-state index contributed by atoms with van der Waals surface area (Å²) in [5, 5.41) is 0. The molecule has 0 atom stereocenters. The predicted octanol–water partition coefficient (Wildman–Crippen LogP) is -3.00. The van der Waals surface area contributed by atoms with Gasteiger partial charge in [0.05, 0.1) is 0 Å². The van der Waals surface area contributed by atoms with Gasteiger partial charge in [-0.1, -0.05) is 0 Å². The Labute approximate surface area is 87.6 Å². The minimum absolute atomic E-state index is 0. The van der Waals surface area contributed by atoms with Crippen LogP contribution in [-0.2, 0) is 59.7 Å². The van der Waals surface area contributed by atoms with E-state index in [1.165, 1.54) is 0 Å². The Morgan fingerprint density at radius 2 is 0.750 bits per heavy atom. The molecule has 0 fully saturated rings. The Morgan fingerprint density at radius 1 is 0.750 bits per heavy atom. The van der Waals surface area contributed by atoms with Crippen molar-refractivity contribution >= 4 is 27.0 Å². The van der Waals surface area contributed by atoms with Gasteiger partial charge in [0, 0.05) is 0 Å². The van der Waals surface area contributed by atoms with Gasteiger partial charge in [-0.25, -0.2) is 0 Å². The van der Waals surface area contributed by atoms with Gasteiger partial charge in [-0.2, -0.15) is 0 Å². The average molecular weight is 176 g/mol. The molecule has 0 spiro atoms. The van der Waals surface area contributed by atoms with Crippen LogP contribution in [0.15, 0.2) is 0 Å². The summed E-state index contributed by atoms with van der Waals surface area (Å²) in [6.45, 7) is 0. The summed E-state index contributed by atoms with van der Waals surface area (Å²) in [6, 6.07) is 0. The standard InChI is InChI=1S/Na.2S.Y/q+1;2*-2;+3. The van der Waals surface area contributed by atoms with E-state index in [9.17, 15) is 0 Å². The molecule has 16 valence electrons. The summed E-state index contributed by atoms with van der Waals surface area (Å²) < 4.78 is 0. The van der Waals surface area contributed by atoms with Crippen molar-refractivity contribution in [2.75, 3.05) is 0 Å². The monoisotopic (exact) mass is 176 g/mol. The Kier molecular flexibility index (Phi) is 124. The molecule has 0 saturated carbocycles. The summed E-state index contributed by atoms with van der Waals surface area (Å²) in [4.78, 5) is 0. The first-order valence-corrected chi connectivity index (χ1v) is 0. The molecule has 0 saturated heterocycles. The third kappa shape index (κ3) is 8.84. The molecule has 0 aromatic rings. The number of hydrogen-bond acceptors (Lipinski definition) is 0. The molecule has 0 aliphatic rings. The fraction of sp³-hybridized carbons (Fsp3) is 0. The molecule has 0 heterocycles. The third-order valence-corrected chi connectivity index (χ3v) is 0. The van der Waals surface area contributed by atoms with Crippen molar-refractivity contribution < 1.29 is 62.3 Å². The van der Waals surface area contributed by atoms with E-state index in [4.69, 9.17) is 0 Å². The van der Waals surface area contributed by atoms with E-state index in [1.807, 2.05) is 0 Å². The maximum atomic E-state index is 0. The second-order valence-electron chi connectivity index (χ2n) is 0. The third-order valence-electron chi connectivity index (χ3n) is 0. The van der Waals surface area contributed by atoms with E-state index in [2.05, 4.69) is 0 Å². The van der Waals surface area contributed by atoms with Gasteiger partial charge in [0.2, 0.25) is 0 Å². The van der Waals surface area contributed by atoms with Gasteiger partial charge in [-0.3, -0.25) is 0 Å². The van der Waals surface area contributed by atoms with Crippen LogP contribution in [0.2, 0.25) is 0 Å². The first kappa shape index (κ1) is 29.2. The Morgan fingerprint density at radius 3 is 0.750 bits per heavy atom. The van der Waals surface area contributed by atoms with Crippen LogP contribution < -0.4 is 29.6 Å². The van der Waals surface area contributed by atoms with Gasteiger partial charge in [0.15, 0.2) is 0 Å². The molecule has 0 radical (unpaired) electrons. The molecule has 0 N–H and O–H groups in total. The summed E-state index contributed by atoms with van der Waals surface area (Å²) in [7, 11) is 0. The largest absolute Gasteiger partial charge is 3.00 e. The Hall–Kier alpha value is 2.80. The first-order valence-electron chi connectivity index (χ1n) is 0. The van der Waals surface area contributed by atoms with Crippen LogP contribution in [-0.4, -0.2) is 0 Å². The zero-order valence-electron chi connectivity index (χ0n) is 2.39. The molecule has 0 aromatic carbocycles. The van der Waals surface area contributed by atoms with Crippen LogP contribution in [0.5, 0.6) is 0 Å². The van der Waals surface area contributed by atoms with E-state index < -0.39 is 0 Å². The molecule has 0 aliphatic carbocycles. The number of rotatable bonds is 0. The molecule has 0 amide bonds. The van der Waals surface area contributed by atoms with Crippen LogP contribution in [0, 0.1) is 0 Å². The predicted molar refractivity (Wildman–Crippen MR) is 14.7 cm³/mol. The van der Waals surface area contributed by atoms with Crippen molar-refractivity contribution in [2.45, 2.75) is 0 Å². The molecule has 4 heteroatoms. The maximum absolute atomic E-state index is 0. The first-order chi connectivity index (χ1) is 0. The van der Waals surface area contributed by atoms with Gasteiger partial charge in [-0.15, -0.1) is 0 Å². The smallest absolute Gasteiger partial charge is 2.00 e. The Balaban J connectivity index is 0. The van der Waals surface area contributed by atoms with Gasteiger partial charge in [0.25, 0.3) is 0 Å². The van der Waals surface area contributed by atoms with Gasteiger partial charge in [-0.05, 0) is 0 Å². The molecule has 0 bridgehead atoms. The van der Waals surface area contributed by atoms with Crippen molar-refractivity contribution in [1.82, 2.24) is 0 Å². The van der Waals surface area contributed by atoms with Crippen LogP contribution in [0.3, 0.4) is 0 Å². The van der Waals surface area contributed by atoms with E-state index in [1.54, 1.807) is 0 Å². The molecule has 0 aromatic heterocycles. The molecular formula is NaS2Y. The van der Waals surface area contributed by atoms with E-state index in [0.29, 0.717) is 0 Å². The van der Waals surface area contributed by atoms with E-state index in [-0.39, 0.29) is 89.3 Å². The fourth-order valence-electron chi connectivity index (χ4n) is 0. The van der Waals surface area contributed by atoms with Crippen LogP contribution >= 0.6 is 0 Å². The zero-order valence-corrected chi connectivity index (χ0v) is 8.87. The van der Waals surface area contributed by atoms with Crippen molar-refractivity contribution in [3.8, 4) is 0 Å². The van der Waals surface area contributed by atoms with Crippen LogP contribution in [0.1, 0.15) is 0 Å². The van der Waals surface area contributed by atoms with Gasteiger partial charge < -0.3 is 27.0 Å². The Bertz CT molecular complexity index is 6.00. The normalized spacial score (nSPS) is 0. The van der Waals surface area contributed by atoms with E-state index in [0.717, 1.165) is 0 Å². The maximum Gasteiger partial charge on any atom is 3.00 e. The number of hydrogen-bond donors (Lipinski definition) is 0. The second-order valence-corrected chi connectivity index (χ2v) is 0. The van der Waals surface area contributed by atoms with Crippen molar-refractivity contribution in [3.05, 3.63) is 0 Å². The molecular weight excluding hydrogens is 176 g/mol. The summed E-state index contributed by atoms with van der Waals surface area (Å²) >= 11 is 0.